The minimum Gasteiger partial charge on any atom is -0.872 e. The van der Waals surface area contributed by atoms with Crippen LogP contribution in [0, 0.1) is 0 Å². The lowest BCUT2D eigenvalue weighted by atomic mass is 9.96. The molecule has 0 bridgehead atoms. The number of quaternary nitrogens is 1. The van der Waals surface area contributed by atoms with Crippen molar-refractivity contribution in [3.8, 4) is 5.75 Å². The van der Waals surface area contributed by atoms with Gasteiger partial charge in [-0.25, -0.2) is 0 Å². The zero-order valence-corrected chi connectivity index (χ0v) is 18.8. The maximum absolute atomic E-state index is 13.4. The van der Waals surface area contributed by atoms with Crippen LogP contribution in [-0.4, -0.2) is 67.6 Å². The SMILES string of the molecule is CCCOc1ccc(C([O-])=C2C(=O)C(=O)N(CC[NH+]3CCOCC3)C2c2ccncc2)cc1. The molecule has 1 amide bonds. The van der Waals surface area contributed by atoms with E-state index >= 15 is 0 Å². The van der Waals surface area contributed by atoms with Crippen LogP contribution in [-0.2, 0) is 14.3 Å². The predicted octanol–water partition coefficient (Wildman–Crippen LogP) is 0.00950. The number of ether oxygens (including phenoxy) is 2. The summed E-state index contributed by atoms with van der Waals surface area (Å²) in [5, 5.41) is 13.4. The normalized spacial score (nSPS) is 20.9. The van der Waals surface area contributed by atoms with Gasteiger partial charge in [0.1, 0.15) is 18.8 Å². The topological polar surface area (TPSA) is 96.2 Å². The van der Waals surface area contributed by atoms with Gasteiger partial charge in [0.25, 0.3) is 5.91 Å². The number of likely N-dealkylation sites (tertiary alicyclic amines) is 1. The molecule has 1 aromatic carbocycles. The van der Waals surface area contributed by atoms with Crippen LogP contribution >= 0.6 is 0 Å². The van der Waals surface area contributed by atoms with Crippen molar-refractivity contribution in [1.82, 2.24) is 9.88 Å². The van der Waals surface area contributed by atoms with Crippen LogP contribution in [0.25, 0.3) is 5.76 Å². The van der Waals surface area contributed by atoms with Gasteiger partial charge in [-0.05, 0) is 41.8 Å². The Labute approximate surface area is 193 Å². The molecule has 0 radical (unpaired) electrons. The second-order valence-electron chi connectivity index (χ2n) is 8.24. The molecule has 0 saturated carbocycles. The number of rotatable bonds is 8. The van der Waals surface area contributed by atoms with Crippen molar-refractivity contribution in [2.75, 3.05) is 46.0 Å². The highest BCUT2D eigenvalue weighted by atomic mass is 16.5. The lowest BCUT2D eigenvalue weighted by Crippen LogP contribution is -3.14. The maximum Gasteiger partial charge on any atom is 0.295 e. The molecule has 1 unspecified atom stereocenters. The third kappa shape index (κ3) is 5.07. The highest BCUT2D eigenvalue weighted by molar-refractivity contribution is 6.46. The van der Waals surface area contributed by atoms with E-state index < -0.39 is 23.5 Å². The standard InChI is InChI=1S/C25H29N3O5/c1-2-15-33-20-5-3-19(4-6-20)23(29)21-22(18-7-9-26-10-8-18)28(25(31)24(21)30)12-11-27-13-16-32-17-14-27/h3-10,22,29H,2,11-17H2,1H3. The largest absolute Gasteiger partial charge is 0.872 e. The average molecular weight is 452 g/mol. The maximum atomic E-state index is 13.4. The van der Waals surface area contributed by atoms with Crippen molar-refractivity contribution in [3.05, 3.63) is 65.5 Å². The first-order chi connectivity index (χ1) is 16.1. The third-order valence-corrected chi connectivity index (χ3v) is 6.05. The molecule has 2 aliphatic rings. The fourth-order valence-electron chi connectivity index (χ4n) is 4.26. The lowest BCUT2D eigenvalue weighted by molar-refractivity contribution is -0.907. The van der Waals surface area contributed by atoms with Crippen molar-refractivity contribution in [3.63, 3.8) is 0 Å². The lowest BCUT2D eigenvalue weighted by Gasteiger charge is -2.30. The molecular weight excluding hydrogens is 422 g/mol. The number of benzene rings is 1. The van der Waals surface area contributed by atoms with Crippen LogP contribution in [0.5, 0.6) is 5.75 Å². The van der Waals surface area contributed by atoms with E-state index in [0.29, 0.717) is 49.8 Å². The number of aromatic nitrogens is 1. The van der Waals surface area contributed by atoms with E-state index in [2.05, 4.69) is 4.98 Å². The first kappa shape index (κ1) is 22.9. The smallest absolute Gasteiger partial charge is 0.295 e. The Morgan fingerprint density at radius 2 is 1.85 bits per heavy atom. The van der Waals surface area contributed by atoms with Gasteiger partial charge in [0, 0.05) is 18.0 Å². The summed E-state index contributed by atoms with van der Waals surface area (Å²) >= 11 is 0. The summed E-state index contributed by atoms with van der Waals surface area (Å²) in [4.78, 5) is 33.0. The van der Waals surface area contributed by atoms with Gasteiger partial charge in [0.05, 0.1) is 39.0 Å². The van der Waals surface area contributed by atoms with Gasteiger partial charge in [-0.15, -0.1) is 0 Å². The average Bonchev–Trinajstić information content (AvgIpc) is 3.12. The summed E-state index contributed by atoms with van der Waals surface area (Å²) in [7, 11) is 0. The zero-order chi connectivity index (χ0) is 23.2. The van der Waals surface area contributed by atoms with Gasteiger partial charge in [0.15, 0.2) is 0 Å². The van der Waals surface area contributed by atoms with Crippen LogP contribution < -0.4 is 14.7 Å². The van der Waals surface area contributed by atoms with Crippen LogP contribution in [0.2, 0.25) is 0 Å². The van der Waals surface area contributed by atoms with Gasteiger partial charge in [-0.3, -0.25) is 14.6 Å². The van der Waals surface area contributed by atoms with Crippen molar-refractivity contribution < 1.29 is 29.1 Å². The Bertz CT molecular complexity index is 1000. The molecule has 33 heavy (non-hydrogen) atoms. The Balaban J connectivity index is 1.66. The van der Waals surface area contributed by atoms with Crippen molar-refractivity contribution in [2.24, 2.45) is 0 Å². The number of ketones is 1. The quantitative estimate of drug-likeness (QED) is 0.345. The van der Waals surface area contributed by atoms with Crippen molar-refractivity contribution in [1.29, 1.82) is 0 Å². The van der Waals surface area contributed by atoms with E-state index in [4.69, 9.17) is 9.47 Å². The monoisotopic (exact) mass is 451 g/mol. The molecule has 3 heterocycles. The minimum absolute atomic E-state index is 0.00889. The highest BCUT2D eigenvalue weighted by Crippen LogP contribution is 2.38. The molecule has 2 saturated heterocycles. The molecule has 1 atom stereocenters. The molecule has 2 fully saturated rings. The molecule has 4 rings (SSSR count). The summed E-state index contributed by atoms with van der Waals surface area (Å²) in [6, 6.07) is 9.49. The van der Waals surface area contributed by atoms with Crippen LogP contribution in [0.4, 0.5) is 0 Å². The number of Topliss-reactive ketones (excluding diaryl/α,β-unsaturated/α-hetero) is 1. The third-order valence-electron chi connectivity index (χ3n) is 6.05. The van der Waals surface area contributed by atoms with E-state index in [9.17, 15) is 14.7 Å². The molecule has 1 aromatic heterocycles. The first-order valence-electron chi connectivity index (χ1n) is 11.4. The van der Waals surface area contributed by atoms with Crippen LogP contribution in [0.3, 0.4) is 0 Å². The second kappa shape index (κ2) is 10.6. The zero-order valence-electron chi connectivity index (χ0n) is 18.8. The molecule has 2 aliphatic heterocycles. The number of nitrogens with zero attached hydrogens (tertiary/aromatic N) is 2. The van der Waals surface area contributed by atoms with E-state index in [-0.39, 0.29) is 5.57 Å². The fourth-order valence-corrected chi connectivity index (χ4v) is 4.26. The van der Waals surface area contributed by atoms with Gasteiger partial charge in [-0.2, -0.15) is 0 Å². The van der Waals surface area contributed by atoms with Crippen LogP contribution in [0.15, 0.2) is 54.4 Å². The number of morpholine rings is 1. The summed E-state index contributed by atoms with van der Waals surface area (Å²) in [5.41, 5.74) is 1.05. The van der Waals surface area contributed by atoms with E-state index in [1.807, 2.05) is 6.92 Å². The van der Waals surface area contributed by atoms with Gasteiger partial charge < -0.3 is 24.4 Å². The highest BCUT2D eigenvalue weighted by Gasteiger charge is 2.44. The fraction of sp³-hybridized carbons (Fsp3) is 0.400. The Hall–Kier alpha value is -3.23. The minimum atomic E-state index is -0.731. The number of pyridine rings is 1. The van der Waals surface area contributed by atoms with Gasteiger partial charge >= 0.3 is 0 Å². The number of hydrogen-bond acceptors (Lipinski definition) is 6. The number of carbonyl (C=O) groups is 2. The van der Waals surface area contributed by atoms with E-state index in [1.54, 1.807) is 48.8 Å². The molecule has 0 aliphatic carbocycles. The number of nitrogens with one attached hydrogen (secondary N) is 1. The van der Waals surface area contributed by atoms with Crippen molar-refractivity contribution >= 4 is 17.4 Å². The summed E-state index contributed by atoms with van der Waals surface area (Å²) in [6.45, 7) is 6.76. The second-order valence-corrected chi connectivity index (χ2v) is 8.24. The van der Waals surface area contributed by atoms with Crippen molar-refractivity contribution in [2.45, 2.75) is 19.4 Å². The van der Waals surface area contributed by atoms with E-state index in [0.717, 1.165) is 19.5 Å². The number of amides is 1. The molecule has 1 N–H and O–H groups in total. The Kier molecular flexibility index (Phi) is 7.36. The molecular formula is C25H29N3O5. The molecule has 0 spiro atoms. The summed E-state index contributed by atoms with van der Waals surface area (Å²) < 4.78 is 11.0. The predicted molar refractivity (Wildman–Crippen MR) is 119 cm³/mol. The molecule has 8 heteroatoms. The molecule has 8 nitrogen and oxygen atoms in total. The molecule has 2 aromatic rings. The van der Waals surface area contributed by atoms with Gasteiger partial charge in [-0.1, -0.05) is 24.8 Å². The summed E-state index contributed by atoms with van der Waals surface area (Å²) in [6.07, 6.45) is 4.09. The number of carbonyl (C=O) groups excluding carboxylic acids is 2. The Morgan fingerprint density at radius 1 is 1.15 bits per heavy atom. The first-order valence-corrected chi connectivity index (χ1v) is 11.4. The number of hydrogen-bond donors (Lipinski definition) is 1. The summed E-state index contributed by atoms with van der Waals surface area (Å²) in [5.74, 6) is -1.13. The Morgan fingerprint density at radius 3 is 2.52 bits per heavy atom. The molecule has 174 valence electrons. The van der Waals surface area contributed by atoms with Gasteiger partial charge in [0.2, 0.25) is 5.78 Å². The van der Waals surface area contributed by atoms with Crippen LogP contribution in [0.1, 0.15) is 30.5 Å². The van der Waals surface area contributed by atoms with E-state index in [1.165, 1.54) is 9.80 Å².